The maximum atomic E-state index is 12.7. The van der Waals surface area contributed by atoms with E-state index in [0.717, 1.165) is 52.7 Å². The first-order valence-electron chi connectivity index (χ1n) is 9.71. The minimum Gasteiger partial charge on any atom is -0.450 e. The number of nitrogens with one attached hydrogen (secondary N) is 1. The van der Waals surface area contributed by atoms with Gasteiger partial charge in [0.25, 0.3) is 5.91 Å². The number of rotatable bonds is 4. The second kappa shape index (κ2) is 7.50. The smallest absolute Gasteiger partial charge is 0.287 e. The number of amides is 2. The summed E-state index contributed by atoms with van der Waals surface area (Å²) in [5, 5.41) is 3.91. The molecule has 28 heavy (non-hydrogen) atoms. The zero-order chi connectivity index (χ0) is 19.7. The molecular formula is C23H24N2O3. The molecule has 0 radical (unpaired) electrons. The van der Waals surface area contributed by atoms with Crippen LogP contribution in [0.3, 0.4) is 0 Å². The maximum Gasteiger partial charge on any atom is 0.287 e. The number of nitrogens with zero attached hydrogens (tertiary/aromatic N) is 1. The van der Waals surface area contributed by atoms with E-state index >= 15 is 0 Å². The Morgan fingerprint density at radius 3 is 2.75 bits per heavy atom. The molecule has 2 aromatic carbocycles. The van der Waals surface area contributed by atoms with E-state index in [4.69, 9.17) is 4.42 Å². The topological polar surface area (TPSA) is 62.6 Å². The van der Waals surface area contributed by atoms with Crippen molar-refractivity contribution >= 4 is 28.5 Å². The second-order valence-corrected chi connectivity index (χ2v) is 7.36. The predicted octanol–water partition coefficient (Wildman–Crippen LogP) is 4.50. The molecule has 4 rings (SSSR count). The zero-order valence-electron chi connectivity index (χ0n) is 16.2. The first kappa shape index (κ1) is 18.3. The fourth-order valence-corrected chi connectivity index (χ4v) is 3.78. The molecule has 0 saturated carbocycles. The lowest BCUT2D eigenvalue weighted by Crippen LogP contribution is -2.35. The van der Waals surface area contributed by atoms with E-state index in [-0.39, 0.29) is 11.8 Å². The van der Waals surface area contributed by atoms with Crippen LogP contribution < -0.4 is 10.2 Å². The molecule has 0 atom stereocenters. The van der Waals surface area contributed by atoms with Gasteiger partial charge in [0.2, 0.25) is 5.91 Å². The number of hydrogen-bond acceptors (Lipinski definition) is 3. The highest BCUT2D eigenvalue weighted by atomic mass is 16.3. The van der Waals surface area contributed by atoms with Crippen molar-refractivity contribution in [2.45, 2.75) is 39.7 Å². The van der Waals surface area contributed by atoms with Crippen molar-refractivity contribution in [2.24, 2.45) is 0 Å². The minimum atomic E-state index is -0.229. The Labute approximate surface area is 164 Å². The molecule has 0 bridgehead atoms. The Bertz CT molecular complexity index is 1050. The van der Waals surface area contributed by atoms with Crippen LogP contribution in [0.2, 0.25) is 0 Å². The van der Waals surface area contributed by atoms with Gasteiger partial charge in [-0.2, -0.15) is 0 Å². The molecule has 144 valence electrons. The number of hydrogen-bond donors (Lipinski definition) is 1. The van der Waals surface area contributed by atoms with Gasteiger partial charge in [-0.3, -0.25) is 9.59 Å². The van der Waals surface area contributed by atoms with Crippen LogP contribution in [0.15, 0.2) is 46.9 Å². The fourth-order valence-electron chi connectivity index (χ4n) is 3.78. The van der Waals surface area contributed by atoms with Crippen LogP contribution in [0.1, 0.15) is 46.5 Å². The largest absolute Gasteiger partial charge is 0.450 e. The lowest BCUT2D eigenvalue weighted by atomic mass is 10.1. The number of aryl methyl sites for hydroxylation is 2. The maximum absolute atomic E-state index is 12.7. The van der Waals surface area contributed by atoms with Crippen molar-refractivity contribution in [3.8, 4) is 0 Å². The Balaban J connectivity index is 1.50. The van der Waals surface area contributed by atoms with Gasteiger partial charge in [0, 0.05) is 36.1 Å². The monoisotopic (exact) mass is 376 g/mol. The van der Waals surface area contributed by atoms with E-state index in [0.29, 0.717) is 18.7 Å². The van der Waals surface area contributed by atoms with Gasteiger partial charge in [0.05, 0.1) is 0 Å². The third-order valence-electron chi connectivity index (χ3n) is 5.37. The summed E-state index contributed by atoms with van der Waals surface area (Å²) in [5.74, 6) is 0.292. The molecule has 3 aromatic rings. The molecule has 1 aliphatic rings. The number of piperidine rings is 1. The second-order valence-electron chi connectivity index (χ2n) is 7.36. The summed E-state index contributed by atoms with van der Waals surface area (Å²) in [6.07, 6.45) is 2.59. The molecule has 1 fully saturated rings. The van der Waals surface area contributed by atoms with Crippen molar-refractivity contribution < 1.29 is 14.0 Å². The van der Waals surface area contributed by atoms with Gasteiger partial charge in [-0.25, -0.2) is 0 Å². The molecule has 0 unspecified atom stereocenters. The van der Waals surface area contributed by atoms with Crippen LogP contribution in [0.25, 0.3) is 11.0 Å². The van der Waals surface area contributed by atoms with E-state index < -0.39 is 0 Å². The third kappa shape index (κ3) is 3.40. The molecule has 0 spiro atoms. The average molecular weight is 376 g/mol. The van der Waals surface area contributed by atoms with Crippen LogP contribution in [0.5, 0.6) is 0 Å². The van der Waals surface area contributed by atoms with Gasteiger partial charge in [-0.15, -0.1) is 0 Å². The fraction of sp³-hybridized carbons (Fsp3) is 0.304. The van der Waals surface area contributed by atoms with E-state index in [1.54, 1.807) is 0 Å². The highest BCUT2D eigenvalue weighted by Gasteiger charge is 2.20. The highest BCUT2D eigenvalue weighted by molar-refractivity contribution is 5.99. The first-order valence-corrected chi connectivity index (χ1v) is 9.71. The molecule has 1 aromatic heterocycles. The summed E-state index contributed by atoms with van der Waals surface area (Å²) in [6.45, 7) is 5.01. The third-order valence-corrected chi connectivity index (χ3v) is 5.37. The molecule has 5 nitrogen and oxygen atoms in total. The summed E-state index contributed by atoms with van der Waals surface area (Å²) >= 11 is 0. The summed E-state index contributed by atoms with van der Waals surface area (Å²) in [4.78, 5) is 26.7. The number of fused-ring (bicyclic) bond motifs is 1. The molecule has 1 N–H and O–H groups in total. The Hall–Kier alpha value is -3.08. The normalized spacial score (nSPS) is 14.5. The number of anilines is 1. The Kier molecular flexibility index (Phi) is 4.90. The van der Waals surface area contributed by atoms with E-state index in [1.165, 1.54) is 0 Å². The number of para-hydroxylation sites is 1. The quantitative estimate of drug-likeness (QED) is 0.729. The summed E-state index contributed by atoms with van der Waals surface area (Å²) in [5.41, 5.74) is 4.47. The van der Waals surface area contributed by atoms with Gasteiger partial charge < -0.3 is 14.6 Å². The van der Waals surface area contributed by atoms with Gasteiger partial charge in [0.15, 0.2) is 5.76 Å². The molecule has 2 amide bonds. The predicted molar refractivity (Wildman–Crippen MR) is 110 cm³/mol. The number of benzene rings is 2. The summed E-state index contributed by atoms with van der Waals surface area (Å²) in [7, 11) is 0. The molecule has 1 aliphatic heterocycles. The molecule has 0 aliphatic carbocycles. The molecular weight excluding hydrogens is 352 g/mol. The molecule has 1 saturated heterocycles. The molecule has 5 heteroatoms. The van der Waals surface area contributed by atoms with Crippen molar-refractivity contribution in [1.82, 2.24) is 5.32 Å². The number of furan rings is 1. The lowest BCUT2D eigenvalue weighted by Gasteiger charge is -2.27. The van der Waals surface area contributed by atoms with E-state index in [2.05, 4.69) is 5.32 Å². The number of carbonyl (C=O) groups is 2. The van der Waals surface area contributed by atoms with Crippen molar-refractivity contribution in [1.29, 1.82) is 0 Å². The Morgan fingerprint density at radius 1 is 1.14 bits per heavy atom. The summed E-state index contributed by atoms with van der Waals surface area (Å²) < 4.78 is 5.85. The van der Waals surface area contributed by atoms with Gasteiger partial charge in [-0.05, 0) is 49.9 Å². The zero-order valence-corrected chi connectivity index (χ0v) is 16.2. The Morgan fingerprint density at radius 2 is 1.96 bits per heavy atom. The first-order chi connectivity index (χ1) is 13.5. The van der Waals surface area contributed by atoms with E-state index in [9.17, 15) is 9.59 Å². The van der Waals surface area contributed by atoms with Crippen molar-refractivity contribution in [3.63, 3.8) is 0 Å². The van der Waals surface area contributed by atoms with Gasteiger partial charge >= 0.3 is 0 Å². The molecule has 2 heterocycles. The van der Waals surface area contributed by atoms with Gasteiger partial charge in [-0.1, -0.05) is 30.3 Å². The average Bonchev–Trinajstić information content (AvgIpc) is 3.05. The standard InChI is InChI=1S/C23H24N2O3/c1-15-7-5-10-19-16(2)22(28-21(15)19)23(27)24-14-17-8-6-9-18(13-17)25-12-4-3-11-20(25)26/h5-10,13H,3-4,11-12,14H2,1-2H3,(H,24,27). The summed E-state index contributed by atoms with van der Waals surface area (Å²) in [6, 6.07) is 13.7. The van der Waals surface area contributed by atoms with Crippen LogP contribution in [0.4, 0.5) is 5.69 Å². The van der Waals surface area contributed by atoms with Crippen LogP contribution in [0, 0.1) is 13.8 Å². The van der Waals surface area contributed by atoms with Crippen LogP contribution in [-0.2, 0) is 11.3 Å². The van der Waals surface area contributed by atoms with Crippen LogP contribution in [-0.4, -0.2) is 18.4 Å². The lowest BCUT2D eigenvalue weighted by molar-refractivity contribution is -0.119. The SMILES string of the molecule is Cc1c(C(=O)NCc2cccc(N3CCCCC3=O)c2)oc2c(C)cccc12. The van der Waals surface area contributed by atoms with Crippen molar-refractivity contribution in [2.75, 3.05) is 11.4 Å². The van der Waals surface area contributed by atoms with E-state index in [1.807, 2.05) is 61.2 Å². The van der Waals surface area contributed by atoms with Gasteiger partial charge in [0.1, 0.15) is 5.58 Å². The van der Waals surface area contributed by atoms with Crippen LogP contribution >= 0.6 is 0 Å². The minimum absolute atomic E-state index is 0.167. The number of carbonyl (C=O) groups excluding carboxylic acids is 2. The van der Waals surface area contributed by atoms with Crippen molar-refractivity contribution in [3.05, 3.63) is 64.9 Å². The highest BCUT2D eigenvalue weighted by Crippen LogP contribution is 2.28.